The summed E-state index contributed by atoms with van der Waals surface area (Å²) < 4.78 is 0. The van der Waals surface area contributed by atoms with Gasteiger partial charge in [-0.15, -0.1) is 11.3 Å². The minimum absolute atomic E-state index is 0.427. The van der Waals surface area contributed by atoms with Gasteiger partial charge in [-0.2, -0.15) is 0 Å². The van der Waals surface area contributed by atoms with Crippen LogP contribution in [0.3, 0.4) is 0 Å². The average molecular weight is 279 g/mol. The van der Waals surface area contributed by atoms with Crippen molar-refractivity contribution in [2.75, 3.05) is 0 Å². The molecule has 0 amide bonds. The molecule has 1 aromatic heterocycles. The summed E-state index contributed by atoms with van der Waals surface area (Å²) in [5.41, 5.74) is 1.32. The topological polar surface area (TPSA) is 50.2 Å². The standard InChI is InChI=1S/C15H21NO2S/c1-15(2)7-5-10(6-8-15)13-16-11(9-3-4-9)12(19-13)14(17)18/h9-10H,3-8H2,1-2H3,(H,17,18). The van der Waals surface area contributed by atoms with E-state index in [-0.39, 0.29) is 0 Å². The molecule has 0 unspecified atom stereocenters. The van der Waals surface area contributed by atoms with Crippen LogP contribution in [0.1, 0.15) is 84.6 Å². The number of nitrogens with zero attached hydrogens (tertiary/aromatic N) is 1. The Balaban J connectivity index is 1.82. The first kappa shape index (κ1) is 13.1. The molecule has 2 aliphatic rings. The molecule has 19 heavy (non-hydrogen) atoms. The third-order valence-corrected chi connectivity index (χ3v) is 5.74. The summed E-state index contributed by atoms with van der Waals surface area (Å²) in [6, 6.07) is 0. The first-order valence-electron chi connectivity index (χ1n) is 7.20. The van der Waals surface area contributed by atoms with Crippen LogP contribution in [-0.4, -0.2) is 16.1 Å². The molecule has 0 saturated heterocycles. The Morgan fingerprint density at radius 2 is 1.84 bits per heavy atom. The van der Waals surface area contributed by atoms with Crippen LogP contribution >= 0.6 is 11.3 Å². The fraction of sp³-hybridized carbons (Fsp3) is 0.733. The van der Waals surface area contributed by atoms with Crippen LogP contribution in [0.25, 0.3) is 0 Å². The zero-order valence-electron chi connectivity index (χ0n) is 11.6. The van der Waals surface area contributed by atoms with Crippen molar-refractivity contribution in [1.82, 2.24) is 4.98 Å². The van der Waals surface area contributed by atoms with Crippen molar-refractivity contribution >= 4 is 17.3 Å². The fourth-order valence-electron chi connectivity index (χ4n) is 2.96. The minimum atomic E-state index is -0.790. The second kappa shape index (κ2) is 4.58. The Bertz CT molecular complexity index is 492. The lowest BCUT2D eigenvalue weighted by Crippen LogP contribution is -2.20. The zero-order chi connectivity index (χ0) is 13.6. The molecule has 0 atom stereocenters. The number of thiazole rings is 1. The first-order chi connectivity index (χ1) is 8.96. The molecule has 1 aromatic rings. The number of aromatic carboxylic acids is 1. The summed E-state index contributed by atoms with van der Waals surface area (Å²) >= 11 is 1.43. The molecule has 0 radical (unpaired) electrons. The first-order valence-corrected chi connectivity index (χ1v) is 8.02. The second-order valence-electron chi connectivity index (χ2n) is 6.78. The van der Waals surface area contributed by atoms with Gasteiger partial charge in [-0.25, -0.2) is 9.78 Å². The van der Waals surface area contributed by atoms with Crippen LogP contribution in [0.4, 0.5) is 0 Å². The van der Waals surface area contributed by atoms with Gasteiger partial charge in [0.15, 0.2) is 0 Å². The lowest BCUT2D eigenvalue weighted by Gasteiger charge is -2.33. The van der Waals surface area contributed by atoms with E-state index in [0.717, 1.165) is 36.4 Å². The van der Waals surface area contributed by atoms with Crippen molar-refractivity contribution < 1.29 is 9.90 Å². The van der Waals surface area contributed by atoms with Crippen LogP contribution in [-0.2, 0) is 0 Å². The van der Waals surface area contributed by atoms with Crippen molar-refractivity contribution in [2.45, 2.75) is 64.2 Å². The maximum Gasteiger partial charge on any atom is 0.347 e. The van der Waals surface area contributed by atoms with E-state index in [2.05, 4.69) is 13.8 Å². The van der Waals surface area contributed by atoms with E-state index < -0.39 is 5.97 Å². The third-order valence-electron chi connectivity index (χ3n) is 4.52. The molecule has 3 nitrogen and oxygen atoms in total. The van der Waals surface area contributed by atoms with Crippen LogP contribution in [0.5, 0.6) is 0 Å². The van der Waals surface area contributed by atoms with E-state index in [4.69, 9.17) is 4.98 Å². The van der Waals surface area contributed by atoms with E-state index >= 15 is 0 Å². The molecular weight excluding hydrogens is 258 g/mol. The Labute approximate surface area is 118 Å². The van der Waals surface area contributed by atoms with Gasteiger partial charge < -0.3 is 5.11 Å². The Morgan fingerprint density at radius 3 is 2.37 bits per heavy atom. The number of rotatable bonds is 3. The largest absolute Gasteiger partial charge is 0.477 e. The van der Waals surface area contributed by atoms with Crippen LogP contribution in [0.2, 0.25) is 0 Å². The van der Waals surface area contributed by atoms with E-state index in [1.54, 1.807) is 0 Å². The predicted molar refractivity (Wildman–Crippen MR) is 76.0 cm³/mol. The number of carboxylic acid groups (broad SMARTS) is 1. The zero-order valence-corrected chi connectivity index (χ0v) is 12.4. The summed E-state index contributed by atoms with van der Waals surface area (Å²) in [7, 11) is 0. The molecular formula is C15H21NO2S. The van der Waals surface area contributed by atoms with Crippen LogP contribution < -0.4 is 0 Å². The molecule has 1 heterocycles. The fourth-order valence-corrected chi connectivity index (χ4v) is 4.12. The molecule has 2 aliphatic carbocycles. The molecule has 104 valence electrons. The molecule has 1 N–H and O–H groups in total. The molecule has 3 rings (SSSR count). The van der Waals surface area contributed by atoms with Crippen LogP contribution in [0.15, 0.2) is 0 Å². The lowest BCUT2D eigenvalue weighted by atomic mass is 9.73. The Kier molecular flexibility index (Phi) is 3.16. The average Bonchev–Trinajstić information content (AvgIpc) is 3.08. The predicted octanol–water partition coefficient (Wildman–Crippen LogP) is 4.40. The number of carboxylic acids is 1. The van der Waals surface area contributed by atoms with Crippen molar-refractivity contribution in [2.24, 2.45) is 5.41 Å². The number of hydrogen-bond acceptors (Lipinski definition) is 3. The maximum atomic E-state index is 11.3. The van der Waals surface area contributed by atoms with Crippen molar-refractivity contribution in [3.8, 4) is 0 Å². The van der Waals surface area contributed by atoms with Gasteiger partial charge in [0, 0.05) is 11.8 Å². The Hall–Kier alpha value is -0.900. The molecule has 0 spiro atoms. The lowest BCUT2D eigenvalue weighted by molar-refractivity contribution is 0.0700. The normalized spacial score (nSPS) is 23.5. The number of aromatic nitrogens is 1. The summed E-state index contributed by atoms with van der Waals surface area (Å²) in [5, 5.41) is 10.4. The highest BCUT2D eigenvalue weighted by Gasteiger charge is 2.35. The highest BCUT2D eigenvalue weighted by Crippen LogP contribution is 2.47. The molecule has 2 fully saturated rings. The minimum Gasteiger partial charge on any atom is -0.477 e. The van der Waals surface area contributed by atoms with Gasteiger partial charge >= 0.3 is 5.97 Å². The van der Waals surface area contributed by atoms with Gasteiger partial charge in [0.05, 0.1) is 10.7 Å². The van der Waals surface area contributed by atoms with Crippen molar-refractivity contribution in [1.29, 1.82) is 0 Å². The van der Waals surface area contributed by atoms with Gasteiger partial charge in [0.2, 0.25) is 0 Å². The van der Waals surface area contributed by atoms with Crippen molar-refractivity contribution in [3.63, 3.8) is 0 Å². The van der Waals surface area contributed by atoms with E-state index in [0.29, 0.717) is 22.1 Å². The number of carbonyl (C=O) groups is 1. The smallest absolute Gasteiger partial charge is 0.347 e. The van der Waals surface area contributed by atoms with Gasteiger partial charge in [0.1, 0.15) is 4.88 Å². The molecule has 0 bridgehead atoms. The highest BCUT2D eigenvalue weighted by molar-refractivity contribution is 7.13. The van der Waals surface area contributed by atoms with E-state index in [1.165, 1.54) is 24.2 Å². The second-order valence-corrected chi connectivity index (χ2v) is 7.82. The molecule has 0 aromatic carbocycles. The van der Waals surface area contributed by atoms with Crippen molar-refractivity contribution in [3.05, 3.63) is 15.6 Å². The van der Waals surface area contributed by atoms with Gasteiger partial charge in [-0.05, 0) is 43.9 Å². The summed E-state index contributed by atoms with van der Waals surface area (Å²) in [5.74, 6) is 0.126. The maximum absolute atomic E-state index is 11.3. The third kappa shape index (κ3) is 2.69. The monoisotopic (exact) mass is 279 g/mol. The van der Waals surface area contributed by atoms with Gasteiger partial charge in [0.25, 0.3) is 0 Å². The quantitative estimate of drug-likeness (QED) is 0.892. The summed E-state index contributed by atoms with van der Waals surface area (Å²) in [4.78, 5) is 16.5. The summed E-state index contributed by atoms with van der Waals surface area (Å²) in [6.07, 6.45) is 6.98. The number of hydrogen-bond donors (Lipinski definition) is 1. The van der Waals surface area contributed by atoms with Gasteiger partial charge in [-0.1, -0.05) is 13.8 Å². The molecule has 4 heteroatoms. The Morgan fingerprint density at radius 1 is 1.21 bits per heavy atom. The molecule has 0 aliphatic heterocycles. The van der Waals surface area contributed by atoms with Crippen LogP contribution in [0, 0.1) is 5.41 Å². The van der Waals surface area contributed by atoms with Gasteiger partial charge in [-0.3, -0.25) is 0 Å². The van der Waals surface area contributed by atoms with E-state index in [9.17, 15) is 9.90 Å². The summed E-state index contributed by atoms with van der Waals surface area (Å²) in [6.45, 7) is 4.65. The highest BCUT2D eigenvalue weighted by atomic mass is 32.1. The SMILES string of the molecule is CC1(C)CCC(c2nc(C3CC3)c(C(=O)O)s2)CC1. The molecule has 2 saturated carbocycles. The van der Waals surface area contributed by atoms with E-state index in [1.807, 2.05) is 0 Å².